The summed E-state index contributed by atoms with van der Waals surface area (Å²) < 4.78 is 2.18. The Bertz CT molecular complexity index is 555. The summed E-state index contributed by atoms with van der Waals surface area (Å²) in [5, 5.41) is 2.08. The highest BCUT2D eigenvalue weighted by atomic mass is 32.1. The molecule has 2 N–H and O–H groups in total. The van der Waals surface area contributed by atoms with Crippen LogP contribution < -0.4 is 10.6 Å². The monoisotopic (exact) mass is 294 g/mol. The summed E-state index contributed by atoms with van der Waals surface area (Å²) in [7, 11) is 2.14. The molecule has 2 unspecified atom stereocenters. The molecular formula is C15H26N4S. The Hall–Kier alpha value is -1.07. The Morgan fingerprint density at radius 3 is 2.65 bits per heavy atom. The van der Waals surface area contributed by atoms with Gasteiger partial charge in [-0.3, -0.25) is 4.40 Å². The van der Waals surface area contributed by atoms with Crippen molar-refractivity contribution in [2.45, 2.75) is 52.6 Å². The molecule has 2 rings (SSSR count). The highest BCUT2D eigenvalue weighted by Gasteiger charge is 2.21. The number of hydrogen-bond donors (Lipinski definition) is 1. The number of thiazole rings is 1. The van der Waals surface area contributed by atoms with Crippen molar-refractivity contribution in [3.05, 3.63) is 17.3 Å². The van der Waals surface area contributed by atoms with Gasteiger partial charge in [-0.25, -0.2) is 4.98 Å². The van der Waals surface area contributed by atoms with Gasteiger partial charge in [-0.1, -0.05) is 13.8 Å². The van der Waals surface area contributed by atoms with E-state index in [4.69, 9.17) is 10.7 Å². The summed E-state index contributed by atoms with van der Waals surface area (Å²) in [6.45, 7) is 8.84. The zero-order chi connectivity index (χ0) is 14.9. The minimum Gasteiger partial charge on any atom is -0.355 e. The maximum absolute atomic E-state index is 6.01. The van der Waals surface area contributed by atoms with Gasteiger partial charge in [0.25, 0.3) is 0 Å². The average Bonchev–Trinajstić information content (AvgIpc) is 2.89. The summed E-state index contributed by atoms with van der Waals surface area (Å²) >= 11 is 1.68. The lowest BCUT2D eigenvalue weighted by molar-refractivity contribution is 0.501. The molecule has 0 aromatic carbocycles. The first-order valence-corrected chi connectivity index (χ1v) is 8.21. The summed E-state index contributed by atoms with van der Waals surface area (Å²) in [6.07, 6.45) is 4.11. The van der Waals surface area contributed by atoms with E-state index >= 15 is 0 Å². The van der Waals surface area contributed by atoms with Crippen LogP contribution in [-0.4, -0.2) is 28.5 Å². The molecular weight excluding hydrogens is 268 g/mol. The molecule has 0 fully saturated rings. The van der Waals surface area contributed by atoms with Crippen LogP contribution in [0.2, 0.25) is 0 Å². The first-order chi connectivity index (χ1) is 9.40. The fraction of sp³-hybridized carbons (Fsp3) is 0.667. The van der Waals surface area contributed by atoms with Crippen LogP contribution in [0.15, 0.2) is 11.6 Å². The third-order valence-corrected chi connectivity index (χ3v) is 4.42. The van der Waals surface area contributed by atoms with E-state index in [1.165, 1.54) is 12.1 Å². The molecule has 0 spiro atoms. The van der Waals surface area contributed by atoms with Gasteiger partial charge in [0.15, 0.2) is 10.8 Å². The topological polar surface area (TPSA) is 46.6 Å². The molecule has 112 valence electrons. The first-order valence-electron chi connectivity index (χ1n) is 7.33. The van der Waals surface area contributed by atoms with E-state index in [9.17, 15) is 0 Å². The molecule has 0 radical (unpaired) electrons. The quantitative estimate of drug-likeness (QED) is 0.890. The molecule has 5 heteroatoms. The lowest BCUT2D eigenvalue weighted by Gasteiger charge is -2.27. The van der Waals surface area contributed by atoms with Gasteiger partial charge in [0, 0.05) is 37.1 Å². The summed E-state index contributed by atoms with van der Waals surface area (Å²) in [5.74, 6) is 1.77. The fourth-order valence-electron chi connectivity index (χ4n) is 2.65. The minimum absolute atomic E-state index is 0.141. The van der Waals surface area contributed by atoms with Crippen molar-refractivity contribution < 1.29 is 0 Å². The Morgan fingerprint density at radius 1 is 1.35 bits per heavy atom. The number of hydrogen-bond acceptors (Lipinski definition) is 4. The van der Waals surface area contributed by atoms with E-state index in [-0.39, 0.29) is 6.04 Å². The van der Waals surface area contributed by atoms with Crippen LogP contribution in [0.1, 0.15) is 39.8 Å². The normalized spacial score (nSPS) is 14.9. The van der Waals surface area contributed by atoms with Crippen molar-refractivity contribution in [1.82, 2.24) is 9.38 Å². The number of rotatable bonds is 6. The highest BCUT2D eigenvalue weighted by molar-refractivity contribution is 7.15. The molecule has 2 heterocycles. The lowest BCUT2D eigenvalue weighted by atomic mass is 10.0. The number of anilines is 1. The van der Waals surface area contributed by atoms with Crippen molar-refractivity contribution >= 4 is 22.1 Å². The van der Waals surface area contributed by atoms with Crippen LogP contribution in [0.25, 0.3) is 4.96 Å². The molecule has 0 amide bonds. The van der Waals surface area contributed by atoms with Crippen LogP contribution in [0.4, 0.5) is 5.82 Å². The summed E-state index contributed by atoms with van der Waals surface area (Å²) in [5.41, 5.74) is 7.24. The maximum Gasteiger partial charge on any atom is 0.195 e. The third-order valence-electron chi connectivity index (χ3n) is 3.66. The van der Waals surface area contributed by atoms with Crippen LogP contribution in [-0.2, 0) is 6.42 Å². The van der Waals surface area contributed by atoms with E-state index in [1.54, 1.807) is 11.3 Å². The maximum atomic E-state index is 6.01. The zero-order valence-corrected chi connectivity index (χ0v) is 13.9. The predicted octanol–water partition coefficient (Wildman–Crippen LogP) is 3.16. The minimum atomic E-state index is 0.141. The van der Waals surface area contributed by atoms with E-state index in [0.717, 1.165) is 17.2 Å². The zero-order valence-electron chi connectivity index (χ0n) is 13.1. The second-order valence-electron chi connectivity index (χ2n) is 6.21. The smallest absolute Gasteiger partial charge is 0.195 e. The number of aromatic nitrogens is 2. The van der Waals surface area contributed by atoms with Gasteiger partial charge in [0.2, 0.25) is 0 Å². The van der Waals surface area contributed by atoms with Crippen LogP contribution in [0, 0.1) is 5.92 Å². The third kappa shape index (κ3) is 3.15. The first kappa shape index (κ1) is 15.3. The van der Waals surface area contributed by atoms with Crippen molar-refractivity contribution in [3.8, 4) is 0 Å². The highest BCUT2D eigenvalue weighted by Crippen LogP contribution is 2.27. The summed E-state index contributed by atoms with van der Waals surface area (Å²) in [4.78, 5) is 8.16. The number of fused-ring (bicyclic) bond motifs is 1. The van der Waals surface area contributed by atoms with Gasteiger partial charge < -0.3 is 10.6 Å². The SMILES string of the molecule is CC(C)CC(C)N(C)c1nc2sccn2c1CC(C)N. The fourth-order valence-corrected chi connectivity index (χ4v) is 3.38. The van der Waals surface area contributed by atoms with Gasteiger partial charge in [0.1, 0.15) is 0 Å². The van der Waals surface area contributed by atoms with Crippen molar-refractivity contribution in [1.29, 1.82) is 0 Å². The van der Waals surface area contributed by atoms with E-state index in [0.29, 0.717) is 12.0 Å². The Morgan fingerprint density at radius 2 is 2.05 bits per heavy atom. The molecule has 0 saturated carbocycles. The number of nitrogens with zero attached hydrogens (tertiary/aromatic N) is 3. The van der Waals surface area contributed by atoms with Crippen LogP contribution in [0.5, 0.6) is 0 Å². The molecule has 4 nitrogen and oxygen atoms in total. The molecule has 0 aliphatic carbocycles. The van der Waals surface area contributed by atoms with Crippen molar-refractivity contribution in [3.63, 3.8) is 0 Å². The largest absolute Gasteiger partial charge is 0.355 e. The van der Waals surface area contributed by atoms with E-state index < -0.39 is 0 Å². The molecule has 0 aliphatic rings. The molecule has 0 bridgehead atoms. The van der Waals surface area contributed by atoms with Gasteiger partial charge in [0.05, 0.1) is 5.69 Å². The Kier molecular flexibility index (Phi) is 4.70. The molecule has 20 heavy (non-hydrogen) atoms. The van der Waals surface area contributed by atoms with Crippen LogP contribution in [0.3, 0.4) is 0 Å². The van der Waals surface area contributed by atoms with Gasteiger partial charge in [-0.05, 0) is 26.2 Å². The van der Waals surface area contributed by atoms with Gasteiger partial charge >= 0.3 is 0 Å². The molecule has 2 aromatic rings. The van der Waals surface area contributed by atoms with E-state index in [1.807, 2.05) is 6.92 Å². The molecule has 2 atom stereocenters. The molecule has 0 aliphatic heterocycles. The second kappa shape index (κ2) is 6.14. The molecule has 2 aromatic heterocycles. The van der Waals surface area contributed by atoms with E-state index in [2.05, 4.69) is 48.7 Å². The Balaban J connectivity index is 2.34. The van der Waals surface area contributed by atoms with Gasteiger partial charge in [-0.15, -0.1) is 11.3 Å². The average molecular weight is 294 g/mol. The lowest BCUT2D eigenvalue weighted by Crippen LogP contribution is -2.32. The van der Waals surface area contributed by atoms with Crippen molar-refractivity contribution in [2.24, 2.45) is 11.7 Å². The number of imidazole rings is 1. The van der Waals surface area contributed by atoms with Crippen LogP contribution >= 0.6 is 11.3 Å². The second-order valence-corrected chi connectivity index (χ2v) is 7.08. The standard InChI is InChI=1S/C15H26N4S/c1-10(2)8-12(4)18(5)14-13(9-11(3)16)19-6-7-20-15(19)17-14/h6-7,10-12H,8-9,16H2,1-5H3. The molecule has 0 saturated heterocycles. The van der Waals surface area contributed by atoms with Gasteiger partial charge in [-0.2, -0.15) is 0 Å². The van der Waals surface area contributed by atoms with Crippen molar-refractivity contribution in [2.75, 3.05) is 11.9 Å². The number of nitrogens with two attached hydrogens (primary N) is 1. The Labute approximate surface area is 125 Å². The summed E-state index contributed by atoms with van der Waals surface area (Å²) in [6, 6.07) is 0.619. The predicted molar refractivity (Wildman–Crippen MR) is 87.7 cm³/mol.